The molecule has 0 amide bonds. The third-order valence-electron chi connectivity index (χ3n) is 4.16. The highest BCUT2D eigenvalue weighted by Gasteiger charge is 2.40. The van der Waals surface area contributed by atoms with E-state index >= 15 is 0 Å². The minimum Gasteiger partial charge on any atom is -0.367 e. The normalized spacial score (nSPS) is 25.2. The van der Waals surface area contributed by atoms with Crippen LogP contribution in [-0.2, 0) is 0 Å². The van der Waals surface area contributed by atoms with E-state index in [1.165, 1.54) is 25.7 Å². The molecule has 1 aromatic rings. The first kappa shape index (κ1) is 11.5. The molecule has 2 heterocycles. The SMILES string of the molecule is N#Cc1cccc(NC2CCNC3(CCC3)C2)n1. The van der Waals surface area contributed by atoms with Gasteiger partial charge < -0.3 is 10.6 Å². The second kappa shape index (κ2) is 4.58. The second-order valence-electron chi connectivity index (χ2n) is 5.41. The minimum absolute atomic E-state index is 0.392. The molecular formula is C14H18N4. The van der Waals surface area contributed by atoms with Crippen molar-refractivity contribution in [3.63, 3.8) is 0 Å². The summed E-state index contributed by atoms with van der Waals surface area (Å²) in [6, 6.07) is 8.12. The molecule has 2 aliphatic rings. The van der Waals surface area contributed by atoms with Crippen LogP contribution in [0, 0.1) is 11.3 Å². The molecule has 18 heavy (non-hydrogen) atoms. The molecule has 0 radical (unpaired) electrons. The fraction of sp³-hybridized carbons (Fsp3) is 0.571. The lowest BCUT2D eigenvalue weighted by Crippen LogP contribution is -2.58. The topological polar surface area (TPSA) is 60.7 Å². The quantitative estimate of drug-likeness (QED) is 0.833. The van der Waals surface area contributed by atoms with E-state index in [0.717, 1.165) is 18.8 Å². The van der Waals surface area contributed by atoms with Gasteiger partial charge in [0.15, 0.2) is 0 Å². The summed E-state index contributed by atoms with van der Waals surface area (Å²) in [6.45, 7) is 1.08. The van der Waals surface area contributed by atoms with E-state index in [9.17, 15) is 0 Å². The Bertz CT molecular complexity index is 473. The number of nitrogens with zero attached hydrogens (tertiary/aromatic N) is 2. The molecule has 3 rings (SSSR count). The van der Waals surface area contributed by atoms with E-state index in [2.05, 4.69) is 21.7 Å². The summed E-state index contributed by atoms with van der Waals surface area (Å²) in [6.07, 6.45) is 6.25. The molecule has 1 aromatic heterocycles. The summed E-state index contributed by atoms with van der Waals surface area (Å²) in [7, 11) is 0. The van der Waals surface area contributed by atoms with Crippen molar-refractivity contribution in [3.05, 3.63) is 23.9 Å². The molecule has 94 valence electrons. The van der Waals surface area contributed by atoms with Crippen molar-refractivity contribution in [2.24, 2.45) is 0 Å². The lowest BCUT2D eigenvalue weighted by atomic mass is 9.70. The van der Waals surface area contributed by atoms with Crippen LogP contribution < -0.4 is 10.6 Å². The van der Waals surface area contributed by atoms with Gasteiger partial charge in [-0.25, -0.2) is 4.98 Å². The van der Waals surface area contributed by atoms with Crippen molar-refractivity contribution >= 4 is 5.82 Å². The molecule has 4 heteroatoms. The molecule has 1 atom stereocenters. The van der Waals surface area contributed by atoms with Crippen LogP contribution in [0.4, 0.5) is 5.82 Å². The molecule has 1 saturated carbocycles. The highest BCUT2D eigenvalue weighted by molar-refractivity contribution is 5.39. The van der Waals surface area contributed by atoms with Crippen molar-refractivity contribution < 1.29 is 0 Å². The number of nitriles is 1. The number of aromatic nitrogens is 1. The van der Waals surface area contributed by atoms with E-state index in [-0.39, 0.29) is 0 Å². The van der Waals surface area contributed by atoms with Gasteiger partial charge in [-0.3, -0.25) is 0 Å². The monoisotopic (exact) mass is 242 g/mol. The van der Waals surface area contributed by atoms with E-state index in [4.69, 9.17) is 5.26 Å². The molecule has 1 aliphatic carbocycles. The number of hydrogen-bond donors (Lipinski definition) is 2. The maximum atomic E-state index is 8.85. The Morgan fingerprint density at radius 1 is 1.44 bits per heavy atom. The Morgan fingerprint density at radius 2 is 2.33 bits per heavy atom. The lowest BCUT2D eigenvalue weighted by molar-refractivity contribution is 0.135. The average Bonchev–Trinajstić information content (AvgIpc) is 2.37. The van der Waals surface area contributed by atoms with Gasteiger partial charge in [-0.2, -0.15) is 5.26 Å². The minimum atomic E-state index is 0.392. The molecule has 1 aliphatic heterocycles. The average molecular weight is 242 g/mol. The molecule has 2 N–H and O–H groups in total. The van der Waals surface area contributed by atoms with E-state index < -0.39 is 0 Å². The predicted octanol–water partition coefficient (Wildman–Crippen LogP) is 2.04. The summed E-state index contributed by atoms with van der Waals surface area (Å²) in [5.74, 6) is 0.829. The van der Waals surface area contributed by atoms with Gasteiger partial charge in [0.05, 0.1) is 0 Å². The number of nitrogens with one attached hydrogen (secondary N) is 2. The molecule has 0 aromatic carbocycles. The van der Waals surface area contributed by atoms with Crippen molar-refractivity contribution in [2.75, 3.05) is 11.9 Å². The third-order valence-corrected chi connectivity index (χ3v) is 4.16. The lowest BCUT2D eigenvalue weighted by Gasteiger charge is -2.48. The third kappa shape index (κ3) is 2.19. The Morgan fingerprint density at radius 3 is 3.06 bits per heavy atom. The molecule has 2 fully saturated rings. The van der Waals surface area contributed by atoms with Crippen LogP contribution in [0.25, 0.3) is 0 Å². The number of hydrogen-bond acceptors (Lipinski definition) is 4. The van der Waals surface area contributed by atoms with Crippen LogP contribution in [0.5, 0.6) is 0 Å². The Hall–Kier alpha value is -1.60. The number of rotatable bonds is 2. The summed E-state index contributed by atoms with van der Waals surface area (Å²) < 4.78 is 0. The van der Waals surface area contributed by atoms with Gasteiger partial charge in [0, 0.05) is 11.6 Å². The van der Waals surface area contributed by atoms with Gasteiger partial charge in [0.25, 0.3) is 0 Å². The Balaban J connectivity index is 1.66. The summed E-state index contributed by atoms with van der Waals surface area (Å²) in [4.78, 5) is 4.28. The fourth-order valence-corrected chi connectivity index (χ4v) is 3.05. The molecule has 1 spiro atoms. The molecule has 1 unspecified atom stereocenters. The Kier molecular flexibility index (Phi) is 2.92. The van der Waals surface area contributed by atoms with Crippen molar-refractivity contribution in [1.29, 1.82) is 5.26 Å². The highest BCUT2D eigenvalue weighted by Crippen LogP contribution is 2.38. The first-order chi connectivity index (χ1) is 8.80. The molecule has 4 nitrogen and oxygen atoms in total. The van der Waals surface area contributed by atoms with Gasteiger partial charge in [-0.1, -0.05) is 6.07 Å². The zero-order valence-corrected chi connectivity index (χ0v) is 10.4. The second-order valence-corrected chi connectivity index (χ2v) is 5.41. The number of pyridine rings is 1. The van der Waals surface area contributed by atoms with Gasteiger partial charge in [-0.15, -0.1) is 0 Å². The van der Waals surface area contributed by atoms with Gasteiger partial charge in [-0.05, 0) is 50.8 Å². The molecular weight excluding hydrogens is 224 g/mol. The fourth-order valence-electron chi connectivity index (χ4n) is 3.05. The van der Waals surface area contributed by atoms with Crippen LogP contribution in [0.2, 0.25) is 0 Å². The van der Waals surface area contributed by atoms with E-state index in [0.29, 0.717) is 17.3 Å². The zero-order chi connectivity index (χ0) is 12.4. The van der Waals surface area contributed by atoms with Crippen molar-refractivity contribution in [2.45, 2.75) is 43.7 Å². The first-order valence-corrected chi connectivity index (χ1v) is 6.68. The number of anilines is 1. The van der Waals surface area contributed by atoms with Crippen LogP contribution in [-0.4, -0.2) is 23.1 Å². The van der Waals surface area contributed by atoms with Crippen molar-refractivity contribution in [1.82, 2.24) is 10.3 Å². The van der Waals surface area contributed by atoms with Crippen LogP contribution in [0.1, 0.15) is 37.8 Å². The maximum Gasteiger partial charge on any atom is 0.142 e. The first-order valence-electron chi connectivity index (χ1n) is 6.68. The predicted molar refractivity (Wildman–Crippen MR) is 70.2 cm³/mol. The maximum absolute atomic E-state index is 8.85. The number of piperidine rings is 1. The largest absolute Gasteiger partial charge is 0.367 e. The smallest absolute Gasteiger partial charge is 0.142 e. The van der Waals surface area contributed by atoms with E-state index in [1.54, 1.807) is 6.07 Å². The Labute approximate surface area is 107 Å². The zero-order valence-electron chi connectivity index (χ0n) is 10.4. The van der Waals surface area contributed by atoms with Gasteiger partial charge >= 0.3 is 0 Å². The molecule has 0 bridgehead atoms. The van der Waals surface area contributed by atoms with E-state index in [1.807, 2.05) is 12.1 Å². The molecule has 1 saturated heterocycles. The van der Waals surface area contributed by atoms with Crippen LogP contribution in [0.15, 0.2) is 18.2 Å². The highest BCUT2D eigenvalue weighted by atomic mass is 15.1. The summed E-state index contributed by atoms with van der Waals surface area (Å²) in [5.41, 5.74) is 0.871. The van der Waals surface area contributed by atoms with Crippen molar-refractivity contribution in [3.8, 4) is 6.07 Å². The summed E-state index contributed by atoms with van der Waals surface area (Å²) >= 11 is 0. The van der Waals surface area contributed by atoms with Gasteiger partial charge in [0.2, 0.25) is 0 Å². The van der Waals surface area contributed by atoms with Gasteiger partial charge in [0.1, 0.15) is 17.6 Å². The summed E-state index contributed by atoms with van der Waals surface area (Å²) in [5, 5.41) is 16.0. The standard InChI is InChI=1S/C14H18N4/c15-10-12-3-1-4-13(18-12)17-11-5-8-16-14(9-11)6-2-7-14/h1,3-4,11,16H,2,5-9H2,(H,17,18). The van der Waals surface area contributed by atoms with Crippen LogP contribution in [0.3, 0.4) is 0 Å². The van der Waals surface area contributed by atoms with Crippen LogP contribution >= 0.6 is 0 Å².